The molecule has 0 radical (unpaired) electrons. The van der Waals surface area contributed by atoms with Gasteiger partial charge < -0.3 is 15.0 Å². The monoisotopic (exact) mass is 495 g/mol. The van der Waals surface area contributed by atoms with E-state index in [1.165, 1.54) is 11.8 Å². The van der Waals surface area contributed by atoms with Crippen LogP contribution >= 0.6 is 27.7 Å². The van der Waals surface area contributed by atoms with E-state index < -0.39 is 5.97 Å². The maximum Gasteiger partial charge on any atom is 0.337 e. The van der Waals surface area contributed by atoms with Gasteiger partial charge in [0, 0.05) is 15.9 Å². The Morgan fingerprint density at radius 1 is 1.16 bits per heavy atom. The standard InChI is InChI=1S/C23H18BrN3O3S/c1-13-11-15(14(2)27(13)19-6-4-3-5-18(19)22(29)30)12-20-21(28)26-23(31-20)25-17-9-7-16(24)8-10-17/h3-12H,1-2H3,(H,29,30)(H,25,26,28)/b20-12-. The van der Waals surface area contributed by atoms with Gasteiger partial charge in [0.05, 0.1) is 21.8 Å². The first kappa shape index (κ1) is 21.1. The lowest BCUT2D eigenvalue weighted by molar-refractivity contribution is -0.115. The molecule has 1 fully saturated rings. The summed E-state index contributed by atoms with van der Waals surface area (Å²) in [6, 6.07) is 16.3. The summed E-state index contributed by atoms with van der Waals surface area (Å²) in [7, 11) is 0. The molecule has 8 heteroatoms. The van der Waals surface area contributed by atoms with Crippen molar-refractivity contribution in [1.29, 1.82) is 0 Å². The van der Waals surface area contributed by atoms with Crippen molar-refractivity contribution >= 4 is 56.5 Å². The minimum absolute atomic E-state index is 0.211. The molecule has 0 saturated carbocycles. The first-order chi connectivity index (χ1) is 14.8. The van der Waals surface area contributed by atoms with Crippen LogP contribution in [-0.4, -0.2) is 26.7 Å². The third-order valence-corrected chi connectivity index (χ3v) is 6.28. The van der Waals surface area contributed by atoms with Crippen molar-refractivity contribution in [2.75, 3.05) is 0 Å². The summed E-state index contributed by atoms with van der Waals surface area (Å²) in [6.45, 7) is 3.82. The lowest BCUT2D eigenvalue weighted by Gasteiger charge is -2.12. The van der Waals surface area contributed by atoms with Crippen molar-refractivity contribution in [3.05, 3.63) is 86.5 Å². The second kappa shape index (κ2) is 8.56. The fourth-order valence-corrected chi connectivity index (χ4v) is 4.51. The van der Waals surface area contributed by atoms with E-state index in [1.54, 1.807) is 18.2 Å². The van der Waals surface area contributed by atoms with Gasteiger partial charge in [-0.05, 0) is 79.7 Å². The van der Waals surface area contributed by atoms with Gasteiger partial charge in [-0.1, -0.05) is 28.1 Å². The number of para-hydroxylation sites is 1. The molecule has 1 aromatic heterocycles. The third-order valence-electron chi connectivity index (χ3n) is 4.84. The lowest BCUT2D eigenvalue weighted by atomic mass is 10.1. The zero-order chi connectivity index (χ0) is 22.1. The summed E-state index contributed by atoms with van der Waals surface area (Å²) in [5.41, 5.74) is 4.14. The highest BCUT2D eigenvalue weighted by molar-refractivity contribution is 9.10. The average Bonchev–Trinajstić information content (AvgIpc) is 3.22. The Bertz CT molecular complexity index is 1260. The number of halogens is 1. The first-order valence-electron chi connectivity index (χ1n) is 9.40. The van der Waals surface area contributed by atoms with Gasteiger partial charge in [0.1, 0.15) is 0 Å². The van der Waals surface area contributed by atoms with Crippen LogP contribution in [0.25, 0.3) is 11.8 Å². The van der Waals surface area contributed by atoms with Crippen molar-refractivity contribution in [3.63, 3.8) is 0 Å². The largest absolute Gasteiger partial charge is 0.478 e. The van der Waals surface area contributed by atoms with Gasteiger partial charge in [-0.25, -0.2) is 9.79 Å². The van der Waals surface area contributed by atoms with E-state index in [0.29, 0.717) is 15.8 Å². The molecular weight excluding hydrogens is 478 g/mol. The normalized spacial score (nSPS) is 16.2. The predicted octanol–water partition coefficient (Wildman–Crippen LogP) is 5.45. The number of rotatable bonds is 4. The van der Waals surface area contributed by atoms with Crippen LogP contribution in [0.5, 0.6) is 0 Å². The Morgan fingerprint density at radius 2 is 1.87 bits per heavy atom. The zero-order valence-corrected chi connectivity index (χ0v) is 19.1. The van der Waals surface area contributed by atoms with Crippen LogP contribution in [0.3, 0.4) is 0 Å². The number of amides is 1. The van der Waals surface area contributed by atoms with Crippen molar-refractivity contribution in [1.82, 2.24) is 9.88 Å². The Labute approximate surface area is 191 Å². The number of hydrogen-bond donors (Lipinski definition) is 2. The molecule has 0 bridgehead atoms. The molecule has 1 aliphatic rings. The molecule has 31 heavy (non-hydrogen) atoms. The van der Waals surface area contributed by atoms with Crippen LogP contribution in [0, 0.1) is 13.8 Å². The number of carbonyl (C=O) groups excluding carboxylic acids is 1. The second-order valence-corrected chi connectivity index (χ2v) is 8.89. The van der Waals surface area contributed by atoms with Gasteiger partial charge in [0.2, 0.25) is 0 Å². The summed E-state index contributed by atoms with van der Waals surface area (Å²) in [6.07, 6.45) is 1.81. The molecule has 2 aromatic carbocycles. The number of benzene rings is 2. The van der Waals surface area contributed by atoms with Crippen LogP contribution in [0.4, 0.5) is 5.69 Å². The molecule has 1 aliphatic heterocycles. The van der Waals surface area contributed by atoms with E-state index in [0.717, 1.165) is 27.1 Å². The van der Waals surface area contributed by atoms with E-state index in [4.69, 9.17) is 0 Å². The summed E-state index contributed by atoms with van der Waals surface area (Å²) < 4.78 is 2.85. The molecule has 2 heterocycles. The smallest absolute Gasteiger partial charge is 0.337 e. The van der Waals surface area contributed by atoms with Crippen molar-refractivity contribution < 1.29 is 14.7 Å². The minimum Gasteiger partial charge on any atom is -0.478 e. The number of nitrogens with zero attached hydrogens (tertiary/aromatic N) is 2. The molecule has 2 N–H and O–H groups in total. The second-order valence-electron chi connectivity index (χ2n) is 6.94. The Hall–Kier alpha value is -3.10. The fourth-order valence-electron chi connectivity index (χ4n) is 3.41. The summed E-state index contributed by atoms with van der Waals surface area (Å²) in [5.74, 6) is -1.20. The summed E-state index contributed by atoms with van der Waals surface area (Å²) >= 11 is 4.67. The lowest BCUT2D eigenvalue weighted by Crippen LogP contribution is -2.19. The number of aromatic carboxylic acids is 1. The Morgan fingerprint density at radius 3 is 2.58 bits per heavy atom. The summed E-state index contributed by atoms with van der Waals surface area (Å²) in [4.78, 5) is 29.1. The molecule has 4 rings (SSSR count). The first-order valence-corrected chi connectivity index (χ1v) is 11.0. The highest BCUT2D eigenvalue weighted by atomic mass is 79.9. The minimum atomic E-state index is -0.984. The quantitative estimate of drug-likeness (QED) is 0.471. The highest BCUT2D eigenvalue weighted by Gasteiger charge is 2.25. The molecule has 1 saturated heterocycles. The van der Waals surface area contributed by atoms with Crippen LogP contribution in [0.2, 0.25) is 0 Å². The Balaban J connectivity index is 1.67. The number of nitrogens with one attached hydrogen (secondary N) is 1. The van der Waals surface area contributed by atoms with E-state index in [2.05, 4.69) is 26.2 Å². The summed E-state index contributed by atoms with van der Waals surface area (Å²) in [5, 5.41) is 12.9. The number of aryl methyl sites for hydroxylation is 1. The van der Waals surface area contributed by atoms with E-state index in [9.17, 15) is 14.7 Å². The number of carbonyl (C=O) groups is 2. The van der Waals surface area contributed by atoms with Crippen molar-refractivity contribution in [3.8, 4) is 5.69 Å². The van der Waals surface area contributed by atoms with Gasteiger partial charge in [0.15, 0.2) is 5.17 Å². The number of aromatic nitrogens is 1. The molecule has 3 aromatic rings. The van der Waals surface area contributed by atoms with E-state index >= 15 is 0 Å². The topological polar surface area (TPSA) is 83.7 Å². The van der Waals surface area contributed by atoms with Crippen LogP contribution in [0.15, 0.2) is 69.0 Å². The third kappa shape index (κ3) is 4.35. The molecule has 0 aliphatic carbocycles. The van der Waals surface area contributed by atoms with Gasteiger partial charge in [-0.3, -0.25) is 4.79 Å². The number of aliphatic imine (C=N–C) groups is 1. The van der Waals surface area contributed by atoms with Gasteiger partial charge in [0.25, 0.3) is 5.91 Å². The fraction of sp³-hybridized carbons (Fsp3) is 0.0870. The van der Waals surface area contributed by atoms with E-state index in [1.807, 2.05) is 60.9 Å². The number of carboxylic acids is 1. The number of thioether (sulfide) groups is 1. The van der Waals surface area contributed by atoms with Crippen LogP contribution in [-0.2, 0) is 4.79 Å². The van der Waals surface area contributed by atoms with Gasteiger partial charge >= 0.3 is 5.97 Å². The van der Waals surface area contributed by atoms with Crippen LogP contribution < -0.4 is 5.32 Å². The maximum atomic E-state index is 12.5. The van der Waals surface area contributed by atoms with Crippen molar-refractivity contribution in [2.24, 2.45) is 4.99 Å². The van der Waals surface area contributed by atoms with Crippen molar-refractivity contribution in [2.45, 2.75) is 13.8 Å². The van der Waals surface area contributed by atoms with Gasteiger partial charge in [-0.2, -0.15) is 0 Å². The van der Waals surface area contributed by atoms with E-state index in [-0.39, 0.29) is 11.5 Å². The molecule has 6 nitrogen and oxygen atoms in total. The molecule has 0 unspecified atom stereocenters. The average molecular weight is 496 g/mol. The molecular formula is C23H18BrN3O3S. The Kier molecular flexibility index (Phi) is 5.84. The van der Waals surface area contributed by atoms with Crippen LogP contribution in [0.1, 0.15) is 27.3 Å². The predicted molar refractivity (Wildman–Crippen MR) is 127 cm³/mol. The number of hydrogen-bond acceptors (Lipinski definition) is 4. The number of amidine groups is 1. The highest BCUT2D eigenvalue weighted by Crippen LogP contribution is 2.31. The number of carboxylic acid groups (broad SMARTS) is 1. The molecule has 0 atom stereocenters. The molecule has 0 spiro atoms. The maximum absolute atomic E-state index is 12.5. The zero-order valence-electron chi connectivity index (χ0n) is 16.7. The molecule has 1 amide bonds. The SMILES string of the molecule is Cc1cc(/C=C2\SC(=Nc3ccc(Br)cc3)NC2=O)c(C)n1-c1ccccc1C(=O)O. The molecule has 156 valence electrons. The van der Waals surface area contributed by atoms with Gasteiger partial charge in [-0.15, -0.1) is 0 Å².